The maximum absolute atomic E-state index is 13.3. The molecule has 5 nitrogen and oxygen atoms in total. The van der Waals surface area contributed by atoms with Gasteiger partial charge in [0.25, 0.3) is 0 Å². The molecule has 1 amide bonds. The van der Waals surface area contributed by atoms with Crippen LogP contribution in [0.5, 0.6) is 0 Å². The van der Waals surface area contributed by atoms with Gasteiger partial charge in [-0.3, -0.25) is 4.79 Å². The molecule has 3 aliphatic rings. The number of halogens is 1. The molecule has 1 aromatic rings. The molecule has 0 radical (unpaired) electrons. The largest absolute Gasteiger partial charge is 0.392 e. The fourth-order valence-electron chi connectivity index (χ4n) is 4.66. The molecule has 152 valence electrons. The summed E-state index contributed by atoms with van der Waals surface area (Å²) in [6.07, 6.45) is 8.42. The molecule has 2 heterocycles. The van der Waals surface area contributed by atoms with Crippen LogP contribution in [0.4, 0.5) is 4.39 Å². The molecule has 1 aromatic carbocycles. The third-order valence-corrected chi connectivity index (χ3v) is 6.40. The van der Waals surface area contributed by atoms with Crippen molar-refractivity contribution in [2.45, 2.75) is 69.9 Å². The van der Waals surface area contributed by atoms with Gasteiger partial charge in [0.05, 0.1) is 11.1 Å². The van der Waals surface area contributed by atoms with Crippen molar-refractivity contribution in [1.29, 1.82) is 0 Å². The first-order valence-electron chi connectivity index (χ1n) is 10.5. The van der Waals surface area contributed by atoms with Gasteiger partial charge in [-0.15, -0.1) is 0 Å². The van der Waals surface area contributed by atoms with Crippen LogP contribution in [0.2, 0.25) is 0 Å². The second-order valence-electron chi connectivity index (χ2n) is 8.38. The van der Waals surface area contributed by atoms with Crippen molar-refractivity contribution < 1.29 is 18.8 Å². The molecule has 28 heavy (non-hydrogen) atoms. The summed E-state index contributed by atoms with van der Waals surface area (Å²) < 4.78 is 18.7. The zero-order chi connectivity index (χ0) is 19.4. The van der Waals surface area contributed by atoms with Gasteiger partial charge in [-0.1, -0.05) is 36.6 Å². The molecule has 2 fully saturated rings. The Morgan fingerprint density at radius 3 is 2.57 bits per heavy atom. The van der Waals surface area contributed by atoms with Gasteiger partial charge in [0.15, 0.2) is 0 Å². The Bertz CT molecular complexity index is 707. The number of rotatable bonds is 5. The molecule has 4 rings (SSSR count). The second-order valence-corrected chi connectivity index (χ2v) is 8.38. The minimum absolute atomic E-state index is 0.129. The topological polar surface area (TPSA) is 59.9 Å². The molecule has 1 N–H and O–H groups in total. The number of carbonyl (C=O) groups is 1. The first kappa shape index (κ1) is 19.4. The van der Waals surface area contributed by atoms with E-state index in [1.54, 1.807) is 12.1 Å². The quantitative estimate of drug-likeness (QED) is 0.831. The Hall–Kier alpha value is -1.95. The molecule has 1 aliphatic carbocycles. The van der Waals surface area contributed by atoms with Crippen molar-refractivity contribution >= 4 is 11.6 Å². The van der Waals surface area contributed by atoms with Crippen LogP contribution >= 0.6 is 0 Å². The lowest BCUT2D eigenvalue weighted by molar-refractivity contribution is -0.141. The summed E-state index contributed by atoms with van der Waals surface area (Å²) in [5.41, 5.74) is 1.24. The summed E-state index contributed by atoms with van der Waals surface area (Å²) in [7, 11) is 0. The predicted octanol–water partition coefficient (Wildman–Crippen LogP) is 3.95. The standard InChI is InChI=1S/C22H29FN2O3/c23-17-8-6-16(7-9-17)20-14-19(28-25-20)15-22(10-12-27-13-11-22)21(26)24-18-4-2-1-3-5-18/h6-9,18-19H,1-5,10-15H2,(H,24,26). The molecule has 0 aromatic heterocycles. The zero-order valence-electron chi connectivity index (χ0n) is 16.3. The van der Waals surface area contributed by atoms with Crippen molar-refractivity contribution in [2.24, 2.45) is 10.6 Å². The van der Waals surface area contributed by atoms with Gasteiger partial charge in [0, 0.05) is 32.1 Å². The molecule has 0 spiro atoms. The molecular weight excluding hydrogens is 359 g/mol. The summed E-state index contributed by atoms with van der Waals surface area (Å²) in [6.45, 7) is 1.22. The van der Waals surface area contributed by atoms with E-state index in [9.17, 15) is 9.18 Å². The molecule has 1 saturated heterocycles. The Morgan fingerprint density at radius 1 is 1.14 bits per heavy atom. The highest BCUT2D eigenvalue weighted by Crippen LogP contribution is 2.39. The van der Waals surface area contributed by atoms with Crippen LogP contribution in [0.3, 0.4) is 0 Å². The molecule has 1 atom stereocenters. The van der Waals surface area contributed by atoms with E-state index >= 15 is 0 Å². The van der Waals surface area contributed by atoms with Crippen LogP contribution in [-0.2, 0) is 14.4 Å². The summed E-state index contributed by atoms with van der Waals surface area (Å²) >= 11 is 0. The summed E-state index contributed by atoms with van der Waals surface area (Å²) in [6, 6.07) is 6.61. The number of hydrogen-bond donors (Lipinski definition) is 1. The van der Waals surface area contributed by atoms with Gasteiger partial charge < -0.3 is 14.9 Å². The van der Waals surface area contributed by atoms with Crippen molar-refractivity contribution in [3.63, 3.8) is 0 Å². The van der Waals surface area contributed by atoms with E-state index in [-0.39, 0.29) is 17.8 Å². The highest BCUT2D eigenvalue weighted by atomic mass is 19.1. The number of hydrogen-bond acceptors (Lipinski definition) is 4. The van der Waals surface area contributed by atoms with Gasteiger partial charge in [-0.25, -0.2) is 4.39 Å². The number of carbonyl (C=O) groups excluding carboxylic acids is 1. The molecule has 1 unspecified atom stereocenters. The van der Waals surface area contributed by atoms with E-state index in [1.165, 1.54) is 31.4 Å². The number of oxime groups is 1. The monoisotopic (exact) mass is 388 g/mol. The third kappa shape index (κ3) is 4.37. The normalized spacial score (nSPS) is 25.0. The van der Waals surface area contributed by atoms with Crippen molar-refractivity contribution in [3.05, 3.63) is 35.6 Å². The highest BCUT2D eigenvalue weighted by molar-refractivity contribution is 6.01. The number of benzene rings is 1. The summed E-state index contributed by atoms with van der Waals surface area (Å²) in [5.74, 6) is -0.109. The van der Waals surface area contributed by atoms with Crippen LogP contribution in [0.25, 0.3) is 0 Å². The lowest BCUT2D eigenvalue weighted by Gasteiger charge is -2.38. The van der Waals surface area contributed by atoms with Gasteiger partial charge in [-0.2, -0.15) is 0 Å². The Balaban J connectivity index is 1.40. The summed E-state index contributed by atoms with van der Waals surface area (Å²) in [4.78, 5) is 19.0. The van der Waals surface area contributed by atoms with Crippen LogP contribution in [-0.4, -0.2) is 37.0 Å². The summed E-state index contributed by atoms with van der Waals surface area (Å²) in [5, 5.41) is 7.54. The zero-order valence-corrected chi connectivity index (χ0v) is 16.3. The molecule has 0 bridgehead atoms. The van der Waals surface area contributed by atoms with Gasteiger partial charge in [-0.05, 0) is 43.4 Å². The Kier molecular flexibility index (Phi) is 5.95. The fourth-order valence-corrected chi connectivity index (χ4v) is 4.66. The van der Waals surface area contributed by atoms with Crippen LogP contribution in [0.15, 0.2) is 29.4 Å². The number of amides is 1. The first-order valence-corrected chi connectivity index (χ1v) is 10.5. The van der Waals surface area contributed by atoms with E-state index in [0.717, 1.165) is 37.0 Å². The SMILES string of the molecule is O=C(NC1CCCCC1)C1(CC2CC(c3ccc(F)cc3)=NO2)CCOCC1. The minimum atomic E-state index is -0.450. The van der Waals surface area contributed by atoms with E-state index in [1.807, 2.05) is 0 Å². The van der Waals surface area contributed by atoms with Crippen LogP contribution in [0.1, 0.15) is 63.4 Å². The maximum atomic E-state index is 13.3. The van der Waals surface area contributed by atoms with E-state index in [0.29, 0.717) is 32.1 Å². The molecular formula is C22H29FN2O3. The van der Waals surface area contributed by atoms with Crippen molar-refractivity contribution in [1.82, 2.24) is 5.32 Å². The van der Waals surface area contributed by atoms with Gasteiger partial charge >= 0.3 is 0 Å². The maximum Gasteiger partial charge on any atom is 0.226 e. The van der Waals surface area contributed by atoms with Crippen LogP contribution in [0, 0.1) is 11.2 Å². The molecule has 2 aliphatic heterocycles. The Morgan fingerprint density at radius 2 is 1.86 bits per heavy atom. The number of nitrogens with one attached hydrogen (secondary N) is 1. The third-order valence-electron chi connectivity index (χ3n) is 6.40. The number of nitrogens with zero attached hydrogens (tertiary/aromatic N) is 1. The van der Waals surface area contributed by atoms with Crippen molar-refractivity contribution in [2.75, 3.05) is 13.2 Å². The second kappa shape index (κ2) is 8.60. The smallest absolute Gasteiger partial charge is 0.226 e. The van der Waals surface area contributed by atoms with E-state index < -0.39 is 5.41 Å². The van der Waals surface area contributed by atoms with E-state index in [2.05, 4.69) is 10.5 Å². The highest BCUT2D eigenvalue weighted by Gasteiger charge is 2.44. The predicted molar refractivity (Wildman–Crippen MR) is 105 cm³/mol. The minimum Gasteiger partial charge on any atom is -0.392 e. The fraction of sp³-hybridized carbons (Fsp3) is 0.636. The lowest BCUT2D eigenvalue weighted by atomic mass is 9.73. The lowest BCUT2D eigenvalue weighted by Crippen LogP contribution is -2.50. The average molecular weight is 388 g/mol. The number of ether oxygens (including phenoxy) is 1. The van der Waals surface area contributed by atoms with E-state index in [4.69, 9.17) is 9.57 Å². The molecule has 1 saturated carbocycles. The average Bonchev–Trinajstić information content (AvgIpc) is 3.18. The van der Waals surface area contributed by atoms with Gasteiger partial charge in [0.1, 0.15) is 11.9 Å². The van der Waals surface area contributed by atoms with Crippen molar-refractivity contribution in [3.8, 4) is 0 Å². The van der Waals surface area contributed by atoms with Gasteiger partial charge in [0.2, 0.25) is 5.91 Å². The Labute approximate surface area is 165 Å². The molecule has 6 heteroatoms. The van der Waals surface area contributed by atoms with Crippen LogP contribution < -0.4 is 5.32 Å². The first-order chi connectivity index (χ1) is 13.6.